The van der Waals surface area contributed by atoms with Gasteiger partial charge in [0.15, 0.2) is 0 Å². The summed E-state index contributed by atoms with van der Waals surface area (Å²) in [4.78, 5) is 16.5. The van der Waals surface area contributed by atoms with Gasteiger partial charge in [0.05, 0.1) is 6.54 Å². The number of aliphatic imine (C=N–C) groups is 1. The Kier molecular flexibility index (Phi) is 3.88. The highest BCUT2D eigenvalue weighted by molar-refractivity contribution is 6.14. The number of hydrogen-bond acceptors (Lipinski definition) is 3. The third-order valence-corrected chi connectivity index (χ3v) is 3.68. The molecule has 0 bridgehead atoms. The zero-order valence-electron chi connectivity index (χ0n) is 12.4. The van der Waals surface area contributed by atoms with Crippen LogP contribution in [-0.4, -0.2) is 33.7 Å². The highest BCUT2D eigenvalue weighted by Gasteiger charge is 2.65. The molecule has 0 saturated carbocycles. The summed E-state index contributed by atoms with van der Waals surface area (Å²) >= 11 is 0. The Hall–Kier alpha value is -2.67. The number of hydrogen-bond donors (Lipinski definition) is 1. The zero-order valence-corrected chi connectivity index (χ0v) is 12.4. The van der Waals surface area contributed by atoms with Crippen molar-refractivity contribution >= 4 is 11.7 Å². The molecule has 1 heterocycles. The van der Waals surface area contributed by atoms with Crippen molar-refractivity contribution in [1.82, 2.24) is 4.90 Å². The van der Waals surface area contributed by atoms with E-state index in [4.69, 9.17) is 0 Å². The fourth-order valence-electron chi connectivity index (χ4n) is 2.45. The maximum Gasteiger partial charge on any atom is 0.448 e. The molecule has 1 aliphatic heterocycles. The van der Waals surface area contributed by atoms with Gasteiger partial charge in [0.25, 0.3) is 5.91 Å². The van der Waals surface area contributed by atoms with Crippen LogP contribution in [0.15, 0.2) is 65.7 Å². The van der Waals surface area contributed by atoms with Gasteiger partial charge in [-0.05, 0) is 5.56 Å². The summed E-state index contributed by atoms with van der Waals surface area (Å²) in [6.07, 6.45) is -5.20. The average Bonchev–Trinajstić information content (AvgIpc) is 2.83. The van der Waals surface area contributed by atoms with E-state index in [9.17, 15) is 23.1 Å². The van der Waals surface area contributed by atoms with Crippen molar-refractivity contribution in [2.75, 3.05) is 0 Å². The van der Waals surface area contributed by atoms with Gasteiger partial charge in [0.2, 0.25) is 0 Å². The largest absolute Gasteiger partial charge is 0.448 e. The smallest absolute Gasteiger partial charge is 0.355 e. The fourth-order valence-corrected chi connectivity index (χ4v) is 2.45. The molecule has 0 spiro atoms. The molecule has 0 fully saturated rings. The Morgan fingerprint density at radius 2 is 1.54 bits per heavy atom. The van der Waals surface area contributed by atoms with Gasteiger partial charge in [-0.25, -0.2) is 4.99 Å². The van der Waals surface area contributed by atoms with Crippen molar-refractivity contribution < 1.29 is 23.1 Å². The molecule has 4 nitrogen and oxygen atoms in total. The highest BCUT2D eigenvalue weighted by Crippen LogP contribution is 2.38. The Balaban J connectivity index is 2.06. The lowest BCUT2D eigenvalue weighted by Crippen LogP contribution is -2.52. The molecule has 124 valence electrons. The van der Waals surface area contributed by atoms with Gasteiger partial charge in [-0.2, -0.15) is 13.2 Å². The topological polar surface area (TPSA) is 52.9 Å². The third kappa shape index (κ3) is 2.67. The minimum atomic E-state index is -5.20. The summed E-state index contributed by atoms with van der Waals surface area (Å²) in [5, 5.41) is 9.87. The number of aliphatic hydroxyl groups is 1. The standard InChI is InChI=1S/C17H13F3N2O2/c18-17(19,20)16(24)15(23)22(11-12-7-3-1-4-8-12)14(21-16)13-9-5-2-6-10-13/h1-10,24H,11H2/t16-/m1/s1. The lowest BCUT2D eigenvalue weighted by atomic mass is 10.1. The molecule has 0 saturated heterocycles. The maximum absolute atomic E-state index is 13.2. The lowest BCUT2D eigenvalue weighted by Gasteiger charge is -2.23. The number of alkyl halides is 3. The molecule has 3 rings (SSSR count). The van der Waals surface area contributed by atoms with Crippen molar-refractivity contribution in [3.8, 4) is 0 Å². The van der Waals surface area contributed by atoms with Crippen LogP contribution >= 0.6 is 0 Å². The molecule has 2 aromatic carbocycles. The molecular weight excluding hydrogens is 321 g/mol. The van der Waals surface area contributed by atoms with E-state index in [2.05, 4.69) is 4.99 Å². The van der Waals surface area contributed by atoms with Crippen LogP contribution in [0.3, 0.4) is 0 Å². The van der Waals surface area contributed by atoms with E-state index >= 15 is 0 Å². The summed E-state index contributed by atoms with van der Waals surface area (Å²) in [7, 11) is 0. The van der Waals surface area contributed by atoms with E-state index in [0.29, 0.717) is 11.1 Å². The molecule has 1 atom stereocenters. The predicted molar refractivity (Wildman–Crippen MR) is 81.0 cm³/mol. The minimum Gasteiger partial charge on any atom is -0.355 e. The van der Waals surface area contributed by atoms with Crippen LogP contribution in [-0.2, 0) is 11.3 Å². The van der Waals surface area contributed by atoms with Crippen molar-refractivity contribution in [2.45, 2.75) is 18.4 Å². The predicted octanol–water partition coefficient (Wildman–Crippen LogP) is 2.73. The molecule has 1 aliphatic rings. The summed E-state index contributed by atoms with van der Waals surface area (Å²) in [5.41, 5.74) is -2.81. The van der Waals surface area contributed by atoms with Crippen LogP contribution in [0.5, 0.6) is 0 Å². The van der Waals surface area contributed by atoms with Crippen LogP contribution in [0.1, 0.15) is 11.1 Å². The van der Waals surface area contributed by atoms with E-state index in [1.54, 1.807) is 48.5 Å². The van der Waals surface area contributed by atoms with Crippen molar-refractivity contribution in [1.29, 1.82) is 0 Å². The van der Waals surface area contributed by atoms with E-state index in [1.165, 1.54) is 12.1 Å². The Bertz CT molecular complexity index is 775. The summed E-state index contributed by atoms with van der Waals surface area (Å²) in [5.74, 6) is -1.71. The molecular formula is C17H13F3N2O2. The van der Waals surface area contributed by atoms with Gasteiger partial charge in [0, 0.05) is 5.56 Å². The summed E-state index contributed by atoms with van der Waals surface area (Å²) in [6.45, 7) is -0.119. The molecule has 0 radical (unpaired) electrons. The van der Waals surface area contributed by atoms with E-state index in [-0.39, 0.29) is 12.4 Å². The van der Waals surface area contributed by atoms with Crippen molar-refractivity contribution in [3.05, 3.63) is 71.8 Å². The quantitative estimate of drug-likeness (QED) is 0.938. The maximum atomic E-state index is 13.2. The van der Waals surface area contributed by atoms with Gasteiger partial charge in [-0.3, -0.25) is 9.69 Å². The van der Waals surface area contributed by atoms with E-state index in [1.807, 2.05) is 0 Å². The number of amides is 1. The summed E-state index contributed by atoms with van der Waals surface area (Å²) < 4.78 is 39.6. The molecule has 1 amide bonds. The second-order valence-electron chi connectivity index (χ2n) is 5.35. The van der Waals surface area contributed by atoms with Crippen LogP contribution in [0, 0.1) is 0 Å². The SMILES string of the molecule is O=C1N(Cc2ccccc2)C(c2ccccc2)=N[C@]1(O)C(F)(F)F. The lowest BCUT2D eigenvalue weighted by molar-refractivity contribution is -0.248. The molecule has 2 aromatic rings. The molecule has 1 N–H and O–H groups in total. The number of halogens is 3. The number of nitrogens with zero attached hydrogens (tertiary/aromatic N) is 2. The summed E-state index contributed by atoms with van der Waals surface area (Å²) in [6, 6.07) is 16.5. The average molecular weight is 334 g/mol. The fraction of sp³-hybridized carbons (Fsp3) is 0.176. The Morgan fingerprint density at radius 3 is 2.08 bits per heavy atom. The normalized spacial score (nSPS) is 21.1. The van der Waals surface area contributed by atoms with Gasteiger partial charge in [-0.1, -0.05) is 60.7 Å². The first kappa shape index (κ1) is 16.2. The molecule has 7 heteroatoms. The number of amidine groups is 1. The van der Waals surface area contributed by atoms with Crippen LogP contribution in [0.4, 0.5) is 13.2 Å². The highest BCUT2D eigenvalue weighted by atomic mass is 19.4. The van der Waals surface area contributed by atoms with Crippen LogP contribution in [0.2, 0.25) is 0 Å². The molecule has 24 heavy (non-hydrogen) atoms. The van der Waals surface area contributed by atoms with Gasteiger partial charge in [-0.15, -0.1) is 0 Å². The Morgan fingerprint density at radius 1 is 1.00 bits per heavy atom. The van der Waals surface area contributed by atoms with E-state index in [0.717, 1.165) is 4.90 Å². The molecule has 0 aromatic heterocycles. The molecule has 0 aliphatic carbocycles. The minimum absolute atomic E-state index is 0.119. The monoisotopic (exact) mass is 334 g/mol. The van der Waals surface area contributed by atoms with Crippen molar-refractivity contribution in [2.24, 2.45) is 4.99 Å². The zero-order chi connectivity index (χ0) is 17.4. The van der Waals surface area contributed by atoms with Gasteiger partial charge in [0.1, 0.15) is 5.84 Å². The molecule has 0 unspecified atom stereocenters. The number of carbonyl (C=O) groups excluding carboxylic acids is 1. The third-order valence-electron chi connectivity index (χ3n) is 3.68. The first-order chi connectivity index (χ1) is 11.3. The van der Waals surface area contributed by atoms with E-state index < -0.39 is 17.8 Å². The number of rotatable bonds is 3. The van der Waals surface area contributed by atoms with Crippen LogP contribution in [0.25, 0.3) is 0 Å². The second kappa shape index (κ2) is 5.76. The Labute approximate surface area is 135 Å². The second-order valence-corrected chi connectivity index (χ2v) is 5.35. The number of carbonyl (C=O) groups is 1. The first-order valence-electron chi connectivity index (χ1n) is 7.13. The van der Waals surface area contributed by atoms with Gasteiger partial charge >= 0.3 is 11.9 Å². The first-order valence-corrected chi connectivity index (χ1v) is 7.13. The van der Waals surface area contributed by atoms with Crippen molar-refractivity contribution in [3.63, 3.8) is 0 Å². The number of benzene rings is 2. The van der Waals surface area contributed by atoms with Crippen LogP contribution < -0.4 is 0 Å². The van der Waals surface area contributed by atoms with Gasteiger partial charge < -0.3 is 5.11 Å².